The molecule has 15 heteroatoms. The number of aliphatic hydroxyl groups is 2. The summed E-state index contributed by atoms with van der Waals surface area (Å²) in [5.41, 5.74) is -0.249. The fraction of sp³-hybridized carbons (Fsp3) is 0.273. The number of methoxy groups -OCH3 is 2. The summed E-state index contributed by atoms with van der Waals surface area (Å²) in [4.78, 5) is 42.6. The maximum atomic E-state index is 13.8. The van der Waals surface area contributed by atoms with Gasteiger partial charge in [0, 0.05) is 40.9 Å². The van der Waals surface area contributed by atoms with Crippen molar-refractivity contribution in [3.63, 3.8) is 0 Å². The second kappa shape index (κ2) is 18.1. The quantitative estimate of drug-likeness (QED) is 0.0983. The van der Waals surface area contributed by atoms with Crippen molar-refractivity contribution >= 4 is 23.7 Å². The number of alkyl halides is 3. The minimum atomic E-state index is -5.06. The van der Waals surface area contributed by atoms with Gasteiger partial charge in [0.25, 0.3) is 5.91 Å². The van der Waals surface area contributed by atoms with E-state index in [1.54, 1.807) is 66.7 Å². The molecule has 2 amide bonds. The van der Waals surface area contributed by atoms with Crippen molar-refractivity contribution < 1.29 is 47.2 Å². The summed E-state index contributed by atoms with van der Waals surface area (Å²) in [5, 5.41) is 29.2. The molecule has 1 aromatic heterocycles. The number of rotatable bonds is 14. The van der Waals surface area contributed by atoms with Gasteiger partial charge < -0.3 is 35.1 Å². The van der Waals surface area contributed by atoms with Crippen molar-refractivity contribution in [2.75, 3.05) is 19.5 Å². The van der Waals surface area contributed by atoms with E-state index in [1.807, 2.05) is 47.8 Å². The van der Waals surface area contributed by atoms with Crippen LogP contribution in [0.25, 0.3) is 6.08 Å². The molecule has 1 saturated heterocycles. The summed E-state index contributed by atoms with van der Waals surface area (Å²) in [6, 6.07) is 30.7. The number of ether oxygens (including phenoxy) is 3. The van der Waals surface area contributed by atoms with Crippen LogP contribution in [0.3, 0.4) is 0 Å². The zero-order valence-electron chi connectivity index (χ0n) is 32.3. The first-order valence-corrected chi connectivity index (χ1v) is 18.7. The van der Waals surface area contributed by atoms with E-state index >= 15 is 0 Å². The van der Waals surface area contributed by atoms with Crippen molar-refractivity contribution in [3.8, 4) is 11.5 Å². The summed E-state index contributed by atoms with van der Waals surface area (Å²) < 4.78 is 57.9. The smallest absolute Gasteiger partial charge is 0.471 e. The lowest BCUT2D eigenvalue weighted by molar-refractivity contribution is -0.174. The number of carbonyl (C=O) groups excluding carboxylic acids is 2. The van der Waals surface area contributed by atoms with Gasteiger partial charge in [-0.3, -0.25) is 14.2 Å². The number of aromatic nitrogens is 2. The summed E-state index contributed by atoms with van der Waals surface area (Å²) in [6.07, 6.45) is -6.51. The highest BCUT2D eigenvalue weighted by molar-refractivity contribution is 6.04. The first-order valence-electron chi connectivity index (χ1n) is 18.7. The molecule has 1 aliphatic heterocycles. The normalized spacial score (nSPS) is 17.9. The third-order valence-corrected chi connectivity index (χ3v) is 10.2. The molecular formula is C44H43F3N4O8. The third kappa shape index (κ3) is 8.92. The zero-order valence-corrected chi connectivity index (χ0v) is 32.3. The number of hydrogen-bond acceptors (Lipinski definition) is 9. The Morgan fingerprint density at radius 1 is 0.915 bits per heavy atom. The van der Waals surface area contributed by atoms with Crippen LogP contribution in [0.5, 0.6) is 11.5 Å². The van der Waals surface area contributed by atoms with Crippen molar-refractivity contribution in [1.29, 1.82) is 0 Å². The molecule has 4 N–H and O–H groups in total. The number of nitrogens with one attached hydrogen (secondary N) is 2. The van der Waals surface area contributed by atoms with Gasteiger partial charge in [-0.15, -0.1) is 0 Å². The Kier molecular flexibility index (Phi) is 13.0. The van der Waals surface area contributed by atoms with Gasteiger partial charge in [0.15, 0.2) is 0 Å². The molecule has 308 valence electrons. The highest BCUT2D eigenvalue weighted by Gasteiger charge is 2.54. The maximum Gasteiger partial charge on any atom is 0.471 e. The molecule has 0 radical (unpaired) electrons. The molecule has 0 aliphatic carbocycles. The summed E-state index contributed by atoms with van der Waals surface area (Å²) in [5.74, 6) is -1.97. The van der Waals surface area contributed by atoms with Gasteiger partial charge in [0.1, 0.15) is 35.8 Å². The lowest BCUT2D eigenvalue weighted by Gasteiger charge is -2.43. The van der Waals surface area contributed by atoms with Crippen LogP contribution in [0, 0.1) is 0 Å². The molecule has 6 rings (SSSR count). The number of hydrogen-bond donors (Lipinski definition) is 4. The highest BCUT2D eigenvalue weighted by Crippen LogP contribution is 2.51. The zero-order chi connectivity index (χ0) is 42.3. The Balaban J connectivity index is 1.41. The number of benzene rings is 4. The van der Waals surface area contributed by atoms with E-state index in [1.165, 1.54) is 39.5 Å². The Morgan fingerprint density at radius 3 is 2.05 bits per heavy atom. The fourth-order valence-corrected chi connectivity index (χ4v) is 7.41. The molecule has 1 aliphatic rings. The maximum absolute atomic E-state index is 13.8. The van der Waals surface area contributed by atoms with Gasteiger partial charge in [0.2, 0.25) is 0 Å². The molecule has 0 saturated carbocycles. The van der Waals surface area contributed by atoms with Gasteiger partial charge in [-0.25, -0.2) is 4.79 Å². The number of amides is 2. The van der Waals surface area contributed by atoms with Gasteiger partial charge in [-0.05, 0) is 43.2 Å². The van der Waals surface area contributed by atoms with Gasteiger partial charge in [-0.2, -0.15) is 18.2 Å². The molecular weight excluding hydrogens is 769 g/mol. The van der Waals surface area contributed by atoms with E-state index in [4.69, 9.17) is 14.2 Å². The standard InChI is InChI=1S/C44H43F3N4O8/c1-27(48-41(55)44(45,46)47)15-14-18-29-26-51(42(56)50-39(29)49-40(54)28-16-6-4-7-17-28)36-25-33(52)37(59-36)38(53)43(30-19-8-5-9-20-30,31-21-10-12-23-34(31)57-2)32-22-11-13-24-35(32)58-3/h4-14,16-24,26-27,33,36-38,52-53H,15,25H2,1-3H3,(H,48,55)(H,49,50,54,56)/b18-14+/t27?,33-,36+,37-,38?/m0/s1. The van der Waals surface area contributed by atoms with Crippen molar-refractivity contribution in [3.05, 3.63) is 160 Å². The minimum Gasteiger partial charge on any atom is -0.496 e. The number of halogens is 3. The van der Waals surface area contributed by atoms with E-state index in [0.717, 1.165) is 4.57 Å². The molecule has 5 aromatic rings. The minimum absolute atomic E-state index is 0.0621. The Hall–Kier alpha value is -6.29. The number of para-hydroxylation sites is 2. The SMILES string of the molecule is COc1ccccc1C(c1ccccc1)(c1ccccc1OC)C(O)[C@H]1O[C@@H](n2cc(/C=C/CC(C)NC(=O)C(F)(F)F)c(NC(=O)c3ccccc3)nc2=O)C[C@@H]1O. The summed E-state index contributed by atoms with van der Waals surface area (Å²) in [7, 11) is 3.02. The molecule has 5 atom stereocenters. The number of nitrogens with zero attached hydrogens (tertiary/aromatic N) is 2. The van der Waals surface area contributed by atoms with Crippen LogP contribution in [0.4, 0.5) is 19.0 Å². The monoisotopic (exact) mass is 812 g/mol. The molecule has 2 heterocycles. The number of aliphatic hydroxyl groups excluding tert-OH is 2. The van der Waals surface area contributed by atoms with Crippen LogP contribution in [-0.2, 0) is 14.9 Å². The van der Waals surface area contributed by atoms with E-state index in [0.29, 0.717) is 28.2 Å². The largest absolute Gasteiger partial charge is 0.496 e. The van der Waals surface area contributed by atoms with E-state index in [9.17, 15) is 37.8 Å². The Bertz CT molecular complexity index is 2290. The van der Waals surface area contributed by atoms with Crippen LogP contribution in [0.1, 0.15) is 58.6 Å². The Morgan fingerprint density at radius 2 is 1.47 bits per heavy atom. The topological polar surface area (TPSA) is 161 Å². The number of anilines is 1. The average molecular weight is 813 g/mol. The van der Waals surface area contributed by atoms with Crippen LogP contribution in [0.15, 0.2) is 126 Å². The van der Waals surface area contributed by atoms with Crippen molar-refractivity contribution in [1.82, 2.24) is 14.9 Å². The van der Waals surface area contributed by atoms with E-state index in [2.05, 4.69) is 10.3 Å². The second-order valence-electron chi connectivity index (χ2n) is 13.9. The Labute approximate surface area is 337 Å². The highest BCUT2D eigenvalue weighted by atomic mass is 19.4. The second-order valence-corrected chi connectivity index (χ2v) is 13.9. The van der Waals surface area contributed by atoms with Crippen LogP contribution in [-0.4, -0.2) is 76.3 Å². The first kappa shape index (κ1) is 42.3. The number of carbonyl (C=O) groups is 2. The average Bonchev–Trinajstić information content (AvgIpc) is 3.63. The van der Waals surface area contributed by atoms with Gasteiger partial charge >= 0.3 is 17.8 Å². The molecule has 1 fully saturated rings. The predicted octanol–water partition coefficient (Wildman–Crippen LogP) is 6.03. The molecule has 0 bridgehead atoms. The lowest BCUT2D eigenvalue weighted by atomic mass is 9.63. The molecule has 12 nitrogen and oxygen atoms in total. The van der Waals surface area contributed by atoms with Gasteiger partial charge in [0.05, 0.1) is 25.7 Å². The lowest BCUT2D eigenvalue weighted by Crippen LogP contribution is -2.51. The molecule has 59 heavy (non-hydrogen) atoms. The fourth-order valence-electron chi connectivity index (χ4n) is 7.41. The van der Waals surface area contributed by atoms with Crippen LogP contribution >= 0.6 is 0 Å². The van der Waals surface area contributed by atoms with Crippen molar-refractivity contribution in [2.45, 2.75) is 61.9 Å². The van der Waals surface area contributed by atoms with Crippen LogP contribution < -0.4 is 25.8 Å². The summed E-state index contributed by atoms with van der Waals surface area (Å²) in [6.45, 7) is 1.38. The van der Waals surface area contributed by atoms with Gasteiger partial charge in [-0.1, -0.05) is 97.1 Å². The third-order valence-electron chi connectivity index (χ3n) is 10.2. The summed E-state index contributed by atoms with van der Waals surface area (Å²) >= 11 is 0. The predicted molar refractivity (Wildman–Crippen MR) is 213 cm³/mol. The molecule has 4 aromatic carbocycles. The molecule has 2 unspecified atom stereocenters. The van der Waals surface area contributed by atoms with Crippen molar-refractivity contribution in [2.24, 2.45) is 0 Å². The van der Waals surface area contributed by atoms with Crippen LogP contribution in [0.2, 0.25) is 0 Å². The van der Waals surface area contributed by atoms with E-state index < -0.39 is 59.7 Å². The first-order chi connectivity index (χ1) is 28.3. The van der Waals surface area contributed by atoms with E-state index in [-0.39, 0.29) is 29.8 Å². The molecule has 0 spiro atoms.